The number of aryl methyl sites for hydroxylation is 2. The van der Waals surface area contributed by atoms with Crippen molar-refractivity contribution in [1.82, 2.24) is 0 Å². The van der Waals surface area contributed by atoms with Crippen LogP contribution in [0.4, 0.5) is 0 Å². The van der Waals surface area contributed by atoms with Crippen LogP contribution in [0.25, 0.3) is 10.1 Å². The average molecular weight is 225 g/mol. The first-order chi connectivity index (χ1) is 6.76. The van der Waals surface area contributed by atoms with Crippen LogP contribution in [-0.4, -0.2) is 0 Å². The summed E-state index contributed by atoms with van der Waals surface area (Å²) in [6, 6.07) is 6.62. The lowest BCUT2D eigenvalue weighted by molar-refractivity contribution is 1.19. The first-order valence-corrected chi connectivity index (χ1v) is 6.18. The minimum absolute atomic E-state index is 0.618. The van der Waals surface area contributed by atoms with Gasteiger partial charge in [0.2, 0.25) is 0 Å². The van der Waals surface area contributed by atoms with Crippen molar-refractivity contribution in [2.45, 2.75) is 26.1 Å². The zero-order valence-electron chi connectivity index (χ0n) is 8.43. The molecule has 0 bridgehead atoms. The van der Waals surface area contributed by atoms with Crippen LogP contribution in [0.1, 0.15) is 22.9 Å². The molecular formula is C12H13ClS. The van der Waals surface area contributed by atoms with Gasteiger partial charge >= 0.3 is 0 Å². The van der Waals surface area contributed by atoms with E-state index in [0.29, 0.717) is 5.88 Å². The average Bonchev–Trinajstić information content (AvgIpc) is 2.60. The molecule has 0 amide bonds. The lowest BCUT2D eigenvalue weighted by Crippen LogP contribution is -1.83. The van der Waals surface area contributed by atoms with Gasteiger partial charge in [-0.05, 0) is 35.9 Å². The summed E-state index contributed by atoms with van der Waals surface area (Å²) in [4.78, 5) is 1.44. The minimum Gasteiger partial charge on any atom is -0.140 e. The molecule has 2 aromatic rings. The summed E-state index contributed by atoms with van der Waals surface area (Å²) in [7, 11) is 0. The van der Waals surface area contributed by atoms with Crippen molar-refractivity contribution >= 4 is 33.0 Å². The molecule has 2 heteroatoms. The van der Waals surface area contributed by atoms with Crippen molar-refractivity contribution in [1.29, 1.82) is 0 Å². The van der Waals surface area contributed by atoms with Crippen molar-refractivity contribution in [2.75, 3.05) is 0 Å². The van der Waals surface area contributed by atoms with Crippen LogP contribution < -0.4 is 0 Å². The monoisotopic (exact) mass is 224 g/mol. The Morgan fingerprint density at radius 3 is 2.79 bits per heavy atom. The lowest BCUT2D eigenvalue weighted by Gasteiger charge is -2.02. The summed E-state index contributed by atoms with van der Waals surface area (Å²) in [5.74, 6) is 0.618. The number of rotatable bonds is 2. The molecule has 14 heavy (non-hydrogen) atoms. The summed E-state index contributed by atoms with van der Waals surface area (Å²) < 4.78 is 1.37. The van der Waals surface area contributed by atoms with E-state index in [9.17, 15) is 0 Å². The molecule has 0 spiro atoms. The van der Waals surface area contributed by atoms with E-state index in [0.717, 1.165) is 6.42 Å². The smallest absolute Gasteiger partial charge is 0.0490 e. The highest BCUT2D eigenvalue weighted by Gasteiger charge is 2.07. The molecule has 74 valence electrons. The largest absolute Gasteiger partial charge is 0.140 e. The van der Waals surface area contributed by atoms with Gasteiger partial charge in [0, 0.05) is 15.5 Å². The van der Waals surface area contributed by atoms with Crippen molar-refractivity contribution < 1.29 is 0 Å². The second-order valence-corrected chi connectivity index (χ2v) is 4.88. The lowest BCUT2D eigenvalue weighted by atomic mass is 10.1. The van der Waals surface area contributed by atoms with Crippen LogP contribution in [-0.2, 0) is 12.3 Å². The highest BCUT2D eigenvalue weighted by atomic mass is 35.5. The molecular weight excluding hydrogens is 212 g/mol. The summed E-state index contributed by atoms with van der Waals surface area (Å²) in [5.41, 5.74) is 2.60. The number of hydrogen-bond acceptors (Lipinski definition) is 1. The molecule has 0 saturated heterocycles. The fraction of sp³-hybridized carbons (Fsp3) is 0.333. The Morgan fingerprint density at radius 1 is 1.36 bits per heavy atom. The molecule has 0 atom stereocenters. The number of hydrogen-bond donors (Lipinski definition) is 0. The summed E-state index contributed by atoms with van der Waals surface area (Å²) in [5, 5.41) is 1.34. The first kappa shape index (κ1) is 10.0. The zero-order chi connectivity index (χ0) is 10.1. The van der Waals surface area contributed by atoms with Gasteiger partial charge in [-0.15, -0.1) is 22.9 Å². The van der Waals surface area contributed by atoms with E-state index in [1.54, 1.807) is 0 Å². The van der Waals surface area contributed by atoms with Gasteiger partial charge in [-0.2, -0.15) is 0 Å². The van der Waals surface area contributed by atoms with Crippen LogP contribution in [0.3, 0.4) is 0 Å². The van der Waals surface area contributed by atoms with Crippen LogP contribution in [0.2, 0.25) is 0 Å². The van der Waals surface area contributed by atoms with Gasteiger partial charge in [0.05, 0.1) is 0 Å². The quantitative estimate of drug-likeness (QED) is 0.659. The van der Waals surface area contributed by atoms with Crippen molar-refractivity contribution in [2.24, 2.45) is 0 Å². The Bertz CT molecular complexity index is 457. The summed E-state index contributed by atoms with van der Waals surface area (Å²) in [6.45, 7) is 4.32. The SMILES string of the molecule is CCc1cc2ccc(C)c(CCl)c2s1. The van der Waals surface area contributed by atoms with Gasteiger partial charge in [-0.3, -0.25) is 0 Å². The molecule has 0 fully saturated rings. The van der Waals surface area contributed by atoms with E-state index in [2.05, 4.69) is 32.0 Å². The molecule has 1 heterocycles. The fourth-order valence-electron chi connectivity index (χ4n) is 1.65. The van der Waals surface area contributed by atoms with Crippen LogP contribution in [0.5, 0.6) is 0 Å². The van der Waals surface area contributed by atoms with Crippen LogP contribution in [0.15, 0.2) is 18.2 Å². The maximum Gasteiger partial charge on any atom is 0.0490 e. The Morgan fingerprint density at radius 2 is 2.14 bits per heavy atom. The Balaban J connectivity index is 2.73. The molecule has 0 nitrogen and oxygen atoms in total. The maximum atomic E-state index is 5.97. The normalized spacial score (nSPS) is 11.1. The summed E-state index contributed by atoms with van der Waals surface area (Å²) >= 11 is 7.85. The Hall–Kier alpha value is -0.530. The van der Waals surface area contributed by atoms with Gasteiger partial charge in [0.1, 0.15) is 0 Å². The molecule has 0 N–H and O–H groups in total. The number of benzene rings is 1. The third-order valence-corrected chi connectivity index (χ3v) is 4.18. The van der Waals surface area contributed by atoms with E-state index in [1.165, 1.54) is 26.1 Å². The van der Waals surface area contributed by atoms with E-state index < -0.39 is 0 Å². The fourth-order valence-corrected chi connectivity index (χ4v) is 3.27. The predicted molar refractivity (Wildman–Crippen MR) is 65.5 cm³/mol. The standard InChI is InChI=1S/C12H13ClS/c1-3-10-6-9-5-4-8(2)11(7-13)12(9)14-10/h4-6H,3,7H2,1-2H3. The molecule has 0 unspecified atom stereocenters. The number of halogens is 1. The van der Waals surface area contributed by atoms with Gasteiger partial charge in [-0.1, -0.05) is 19.1 Å². The molecule has 0 radical (unpaired) electrons. The van der Waals surface area contributed by atoms with Gasteiger partial charge in [-0.25, -0.2) is 0 Å². The third-order valence-electron chi connectivity index (χ3n) is 2.56. The number of alkyl halides is 1. The zero-order valence-corrected chi connectivity index (χ0v) is 10.0. The molecule has 0 aliphatic carbocycles. The van der Waals surface area contributed by atoms with E-state index in [4.69, 9.17) is 11.6 Å². The number of fused-ring (bicyclic) bond motifs is 1. The minimum atomic E-state index is 0.618. The third kappa shape index (κ3) is 1.55. The second kappa shape index (κ2) is 3.92. The van der Waals surface area contributed by atoms with Crippen molar-refractivity contribution in [3.63, 3.8) is 0 Å². The van der Waals surface area contributed by atoms with Gasteiger partial charge in [0.25, 0.3) is 0 Å². The molecule has 1 aromatic carbocycles. The van der Waals surface area contributed by atoms with Crippen LogP contribution in [0, 0.1) is 6.92 Å². The van der Waals surface area contributed by atoms with Crippen LogP contribution >= 0.6 is 22.9 Å². The number of thiophene rings is 1. The molecule has 2 rings (SSSR count). The summed E-state index contributed by atoms with van der Waals surface area (Å²) in [6.07, 6.45) is 1.11. The molecule has 0 aliphatic rings. The molecule has 1 aromatic heterocycles. The van der Waals surface area contributed by atoms with E-state index in [1.807, 2.05) is 11.3 Å². The van der Waals surface area contributed by atoms with Crippen molar-refractivity contribution in [3.05, 3.63) is 34.2 Å². The Labute approximate surface area is 93.5 Å². The van der Waals surface area contributed by atoms with E-state index in [-0.39, 0.29) is 0 Å². The predicted octanol–water partition coefficient (Wildman–Crippen LogP) is 4.51. The maximum absolute atomic E-state index is 5.97. The highest BCUT2D eigenvalue weighted by molar-refractivity contribution is 7.19. The molecule has 0 saturated carbocycles. The highest BCUT2D eigenvalue weighted by Crippen LogP contribution is 2.31. The topological polar surface area (TPSA) is 0 Å². The van der Waals surface area contributed by atoms with Gasteiger partial charge in [0.15, 0.2) is 0 Å². The molecule has 0 aliphatic heterocycles. The van der Waals surface area contributed by atoms with Gasteiger partial charge < -0.3 is 0 Å². The Kier molecular flexibility index (Phi) is 2.80. The van der Waals surface area contributed by atoms with Crippen molar-refractivity contribution in [3.8, 4) is 0 Å². The first-order valence-electron chi connectivity index (χ1n) is 4.83. The van der Waals surface area contributed by atoms with E-state index >= 15 is 0 Å². The second-order valence-electron chi connectivity index (χ2n) is 3.48.